The third-order valence-electron chi connectivity index (χ3n) is 2.77. The van der Waals surface area contributed by atoms with Gasteiger partial charge in [0.05, 0.1) is 12.1 Å². The van der Waals surface area contributed by atoms with Gasteiger partial charge in [0.15, 0.2) is 0 Å². The SMILES string of the molecule is CCCn1ncnc1CNCC(C)(O)CC(C)C. The Labute approximate surface area is 110 Å². The van der Waals surface area contributed by atoms with Crippen molar-refractivity contribution in [1.29, 1.82) is 0 Å². The molecule has 0 aromatic carbocycles. The van der Waals surface area contributed by atoms with Crippen LogP contribution in [0.1, 0.15) is 46.4 Å². The molecule has 0 spiro atoms. The molecule has 1 aromatic rings. The van der Waals surface area contributed by atoms with E-state index in [4.69, 9.17) is 0 Å². The number of hydrogen-bond acceptors (Lipinski definition) is 4. The van der Waals surface area contributed by atoms with E-state index in [9.17, 15) is 5.11 Å². The van der Waals surface area contributed by atoms with Gasteiger partial charge in [-0.3, -0.25) is 0 Å². The number of nitrogens with zero attached hydrogens (tertiary/aromatic N) is 3. The third-order valence-corrected chi connectivity index (χ3v) is 2.77. The van der Waals surface area contributed by atoms with Crippen LogP contribution in [0.15, 0.2) is 6.33 Å². The van der Waals surface area contributed by atoms with E-state index in [1.807, 2.05) is 11.6 Å². The molecule has 1 heterocycles. The summed E-state index contributed by atoms with van der Waals surface area (Å²) in [6.45, 7) is 10.3. The van der Waals surface area contributed by atoms with Crippen LogP contribution in [0.2, 0.25) is 0 Å². The van der Waals surface area contributed by atoms with Crippen molar-refractivity contribution in [1.82, 2.24) is 20.1 Å². The smallest absolute Gasteiger partial charge is 0.140 e. The normalized spacial score (nSPS) is 15.0. The summed E-state index contributed by atoms with van der Waals surface area (Å²) < 4.78 is 1.91. The van der Waals surface area contributed by atoms with E-state index in [0.717, 1.165) is 25.2 Å². The first kappa shape index (κ1) is 15.1. The highest BCUT2D eigenvalue weighted by Gasteiger charge is 2.21. The van der Waals surface area contributed by atoms with Crippen LogP contribution in [-0.4, -0.2) is 32.0 Å². The Balaban J connectivity index is 2.39. The molecule has 1 unspecified atom stereocenters. The molecule has 0 bridgehead atoms. The van der Waals surface area contributed by atoms with Gasteiger partial charge in [-0.05, 0) is 25.7 Å². The number of nitrogens with one attached hydrogen (secondary N) is 1. The van der Waals surface area contributed by atoms with E-state index < -0.39 is 5.60 Å². The Morgan fingerprint density at radius 2 is 2.22 bits per heavy atom. The van der Waals surface area contributed by atoms with Crippen LogP contribution >= 0.6 is 0 Å². The van der Waals surface area contributed by atoms with E-state index in [1.54, 1.807) is 6.33 Å². The predicted molar refractivity (Wildman–Crippen MR) is 72.1 cm³/mol. The largest absolute Gasteiger partial charge is 0.389 e. The zero-order valence-corrected chi connectivity index (χ0v) is 12.0. The fourth-order valence-corrected chi connectivity index (χ4v) is 2.22. The number of hydrogen-bond donors (Lipinski definition) is 2. The molecule has 1 aromatic heterocycles. The molecule has 0 aliphatic rings. The molecule has 0 saturated carbocycles. The first-order valence-corrected chi connectivity index (χ1v) is 6.74. The number of rotatable bonds is 8. The maximum atomic E-state index is 10.2. The summed E-state index contributed by atoms with van der Waals surface area (Å²) in [4.78, 5) is 4.22. The van der Waals surface area contributed by atoms with Gasteiger partial charge in [-0.25, -0.2) is 9.67 Å². The average molecular weight is 254 g/mol. The lowest BCUT2D eigenvalue weighted by atomic mass is 9.94. The highest BCUT2D eigenvalue weighted by molar-refractivity contribution is 4.85. The van der Waals surface area contributed by atoms with Crippen molar-refractivity contribution >= 4 is 0 Å². The van der Waals surface area contributed by atoms with Gasteiger partial charge in [0.25, 0.3) is 0 Å². The maximum absolute atomic E-state index is 10.2. The van der Waals surface area contributed by atoms with E-state index >= 15 is 0 Å². The number of aromatic nitrogens is 3. The molecule has 104 valence electrons. The molecule has 0 amide bonds. The summed E-state index contributed by atoms with van der Waals surface area (Å²) in [5.74, 6) is 1.42. The zero-order chi connectivity index (χ0) is 13.6. The van der Waals surface area contributed by atoms with Crippen molar-refractivity contribution in [2.75, 3.05) is 6.54 Å². The highest BCUT2D eigenvalue weighted by atomic mass is 16.3. The van der Waals surface area contributed by atoms with Gasteiger partial charge in [-0.15, -0.1) is 0 Å². The number of aryl methyl sites for hydroxylation is 1. The van der Waals surface area contributed by atoms with Crippen molar-refractivity contribution in [2.24, 2.45) is 5.92 Å². The Morgan fingerprint density at radius 3 is 2.83 bits per heavy atom. The Kier molecular flexibility index (Phi) is 5.75. The first-order valence-electron chi connectivity index (χ1n) is 6.74. The molecular formula is C13H26N4O. The summed E-state index contributed by atoms with van der Waals surface area (Å²) in [5, 5.41) is 17.6. The quantitative estimate of drug-likeness (QED) is 0.739. The third kappa shape index (κ3) is 5.14. The van der Waals surface area contributed by atoms with Gasteiger partial charge in [-0.2, -0.15) is 5.10 Å². The molecule has 0 saturated heterocycles. The minimum Gasteiger partial charge on any atom is -0.389 e. The Bertz CT molecular complexity index is 347. The fourth-order valence-electron chi connectivity index (χ4n) is 2.22. The van der Waals surface area contributed by atoms with Gasteiger partial charge in [0.2, 0.25) is 0 Å². The minimum atomic E-state index is -0.663. The second kappa shape index (κ2) is 6.85. The summed E-state index contributed by atoms with van der Waals surface area (Å²) in [7, 11) is 0. The van der Waals surface area contributed by atoms with Gasteiger partial charge < -0.3 is 10.4 Å². The van der Waals surface area contributed by atoms with E-state index in [-0.39, 0.29) is 0 Å². The van der Waals surface area contributed by atoms with Crippen LogP contribution in [0, 0.1) is 5.92 Å². The maximum Gasteiger partial charge on any atom is 0.140 e. The molecule has 2 N–H and O–H groups in total. The minimum absolute atomic E-state index is 0.491. The topological polar surface area (TPSA) is 63.0 Å². The standard InChI is InChI=1S/C13H26N4O/c1-5-6-17-12(15-10-16-17)8-14-9-13(4,18)7-11(2)3/h10-11,14,18H,5-9H2,1-4H3. The van der Waals surface area contributed by atoms with Crippen molar-refractivity contribution < 1.29 is 5.11 Å². The van der Waals surface area contributed by atoms with Crippen molar-refractivity contribution in [3.05, 3.63) is 12.2 Å². The summed E-state index contributed by atoms with van der Waals surface area (Å²) in [6.07, 6.45) is 3.42. The fraction of sp³-hybridized carbons (Fsp3) is 0.846. The van der Waals surface area contributed by atoms with Crippen LogP contribution in [-0.2, 0) is 13.1 Å². The first-order chi connectivity index (χ1) is 8.44. The monoisotopic (exact) mass is 254 g/mol. The molecule has 5 heteroatoms. The second-order valence-electron chi connectivity index (χ2n) is 5.60. The van der Waals surface area contributed by atoms with Crippen LogP contribution in [0.25, 0.3) is 0 Å². The summed E-state index contributed by atoms with van der Waals surface area (Å²) >= 11 is 0. The van der Waals surface area contributed by atoms with Crippen LogP contribution in [0.3, 0.4) is 0 Å². The van der Waals surface area contributed by atoms with E-state index in [2.05, 4.69) is 36.2 Å². The van der Waals surface area contributed by atoms with Crippen molar-refractivity contribution in [3.63, 3.8) is 0 Å². The second-order valence-corrected chi connectivity index (χ2v) is 5.60. The van der Waals surface area contributed by atoms with Gasteiger partial charge in [0, 0.05) is 13.1 Å². The van der Waals surface area contributed by atoms with Gasteiger partial charge in [0.1, 0.15) is 12.2 Å². The van der Waals surface area contributed by atoms with E-state index in [1.165, 1.54) is 0 Å². The highest BCUT2D eigenvalue weighted by Crippen LogP contribution is 2.15. The predicted octanol–water partition coefficient (Wildman–Crippen LogP) is 1.57. The zero-order valence-electron chi connectivity index (χ0n) is 12.0. The molecule has 0 radical (unpaired) electrons. The van der Waals surface area contributed by atoms with Gasteiger partial charge in [-0.1, -0.05) is 20.8 Å². The molecule has 0 fully saturated rings. The lowest BCUT2D eigenvalue weighted by Gasteiger charge is -2.25. The van der Waals surface area contributed by atoms with E-state index in [0.29, 0.717) is 19.0 Å². The Hall–Kier alpha value is -0.940. The van der Waals surface area contributed by atoms with Crippen LogP contribution < -0.4 is 5.32 Å². The summed E-state index contributed by atoms with van der Waals surface area (Å²) in [6, 6.07) is 0. The Morgan fingerprint density at radius 1 is 1.50 bits per heavy atom. The summed E-state index contributed by atoms with van der Waals surface area (Å²) in [5.41, 5.74) is -0.663. The van der Waals surface area contributed by atoms with Crippen LogP contribution in [0.5, 0.6) is 0 Å². The van der Waals surface area contributed by atoms with Crippen molar-refractivity contribution in [3.8, 4) is 0 Å². The molecule has 5 nitrogen and oxygen atoms in total. The molecule has 0 aliphatic carbocycles. The lowest BCUT2D eigenvalue weighted by molar-refractivity contribution is 0.0381. The molecule has 1 rings (SSSR count). The van der Waals surface area contributed by atoms with Crippen molar-refractivity contribution in [2.45, 2.75) is 59.2 Å². The van der Waals surface area contributed by atoms with Crippen LogP contribution in [0.4, 0.5) is 0 Å². The number of aliphatic hydroxyl groups is 1. The lowest BCUT2D eigenvalue weighted by Crippen LogP contribution is -2.39. The molecule has 1 atom stereocenters. The average Bonchev–Trinajstić information content (AvgIpc) is 2.64. The molecular weight excluding hydrogens is 228 g/mol. The molecule has 0 aliphatic heterocycles. The molecule has 18 heavy (non-hydrogen) atoms. The van der Waals surface area contributed by atoms with Gasteiger partial charge >= 0.3 is 0 Å².